The molecule has 1 aromatic carbocycles. The molecule has 0 aliphatic carbocycles. The fraction of sp³-hybridized carbons (Fsp3) is 0.500. The number of carbonyl (C=O) groups is 1. The molecule has 1 amide bonds. The third-order valence-corrected chi connectivity index (χ3v) is 3.90. The molecule has 3 nitrogen and oxygen atoms in total. The van der Waals surface area contributed by atoms with Crippen LogP contribution in [0.5, 0.6) is 0 Å². The first-order valence-electron chi connectivity index (χ1n) is 6.48. The second-order valence-electron chi connectivity index (χ2n) is 5.04. The SMILES string of the molecule is CN(CC1CCNCC1)C(=O)c1cc(F)cc(Br)c1. The van der Waals surface area contributed by atoms with Crippen LogP contribution in [0.3, 0.4) is 0 Å². The zero-order chi connectivity index (χ0) is 13.8. The number of amides is 1. The Morgan fingerprint density at radius 1 is 1.42 bits per heavy atom. The van der Waals surface area contributed by atoms with Gasteiger partial charge in [-0.1, -0.05) is 15.9 Å². The van der Waals surface area contributed by atoms with Gasteiger partial charge in [0, 0.05) is 23.6 Å². The fourth-order valence-electron chi connectivity index (χ4n) is 2.43. The predicted molar refractivity (Wildman–Crippen MR) is 76.7 cm³/mol. The summed E-state index contributed by atoms with van der Waals surface area (Å²) in [5.74, 6) is 0.0129. The Kier molecular flexibility index (Phi) is 4.93. The fourth-order valence-corrected chi connectivity index (χ4v) is 2.90. The molecule has 104 valence electrons. The Bertz CT molecular complexity index is 441. The maximum absolute atomic E-state index is 13.3. The summed E-state index contributed by atoms with van der Waals surface area (Å²) in [6.45, 7) is 2.76. The van der Waals surface area contributed by atoms with E-state index in [1.807, 2.05) is 0 Å². The van der Waals surface area contributed by atoms with E-state index in [2.05, 4.69) is 21.2 Å². The average molecular weight is 329 g/mol. The topological polar surface area (TPSA) is 32.3 Å². The van der Waals surface area contributed by atoms with Crippen LogP contribution in [0.1, 0.15) is 23.2 Å². The highest BCUT2D eigenvalue weighted by Crippen LogP contribution is 2.18. The maximum atomic E-state index is 13.3. The molecular formula is C14H18BrFN2O. The van der Waals surface area contributed by atoms with Gasteiger partial charge in [0.1, 0.15) is 5.82 Å². The van der Waals surface area contributed by atoms with Crippen LogP contribution in [0.25, 0.3) is 0 Å². The van der Waals surface area contributed by atoms with E-state index in [1.54, 1.807) is 18.0 Å². The van der Waals surface area contributed by atoms with Crippen LogP contribution in [0.2, 0.25) is 0 Å². The van der Waals surface area contributed by atoms with Crippen molar-refractivity contribution in [2.24, 2.45) is 5.92 Å². The summed E-state index contributed by atoms with van der Waals surface area (Å²) in [5, 5.41) is 3.30. The third kappa shape index (κ3) is 4.01. The Hall–Kier alpha value is -0.940. The first-order chi connectivity index (χ1) is 9.06. The molecule has 1 aliphatic heterocycles. The molecule has 2 rings (SSSR count). The van der Waals surface area contributed by atoms with Crippen LogP contribution in [0, 0.1) is 11.7 Å². The molecule has 1 saturated heterocycles. The van der Waals surface area contributed by atoms with Crippen molar-refractivity contribution in [1.29, 1.82) is 0 Å². The summed E-state index contributed by atoms with van der Waals surface area (Å²) in [6.07, 6.45) is 2.18. The quantitative estimate of drug-likeness (QED) is 0.925. The van der Waals surface area contributed by atoms with Crippen molar-refractivity contribution >= 4 is 21.8 Å². The van der Waals surface area contributed by atoms with Gasteiger partial charge in [-0.2, -0.15) is 0 Å². The van der Waals surface area contributed by atoms with E-state index >= 15 is 0 Å². The Morgan fingerprint density at radius 2 is 2.11 bits per heavy atom. The van der Waals surface area contributed by atoms with Crippen molar-refractivity contribution < 1.29 is 9.18 Å². The molecule has 19 heavy (non-hydrogen) atoms. The molecule has 1 aliphatic rings. The van der Waals surface area contributed by atoms with Gasteiger partial charge in [-0.05, 0) is 50.0 Å². The summed E-state index contributed by atoms with van der Waals surface area (Å²) in [4.78, 5) is 13.9. The highest BCUT2D eigenvalue weighted by atomic mass is 79.9. The normalized spacial score (nSPS) is 16.4. The molecule has 0 bridgehead atoms. The van der Waals surface area contributed by atoms with Gasteiger partial charge in [-0.25, -0.2) is 4.39 Å². The van der Waals surface area contributed by atoms with Crippen LogP contribution in [0.15, 0.2) is 22.7 Å². The molecule has 0 spiro atoms. The molecule has 0 aromatic heterocycles. The summed E-state index contributed by atoms with van der Waals surface area (Å²) in [7, 11) is 1.78. The molecule has 0 radical (unpaired) electrons. The van der Waals surface area contributed by atoms with Crippen molar-refractivity contribution in [3.05, 3.63) is 34.1 Å². The number of rotatable bonds is 3. The standard InChI is InChI=1S/C14H18BrFN2O/c1-18(9-10-2-4-17-5-3-10)14(19)11-6-12(15)8-13(16)7-11/h6-8,10,17H,2-5,9H2,1H3. The number of hydrogen-bond acceptors (Lipinski definition) is 2. The van der Waals surface area contributed by atoms with Crippen molar-refractivity contribution in [3.8, 4) is 0 Å². The number of nitrogens with zero attached hydrogens (tertiary/aromatic N) is 1. The summed E-state index contributed by atoms with van der Waals surface area (Å²) in [5.41, 5.74) is 0.392. The molecule has 0 atom stereocenters. The highest BCUT2D eigenvalue weighted by molar-refractivity contribution is 9.10. The number of benzene rings is 1. The summed E-state index contributed by atoms with van der Waals surface area (Å²) >= 11 is 3.21. The van der Waals surface area contributed by atoms with Crippen molar-refractivity contribution in [2.45, 2.75) is 12.8 Å². The average Bonchev–Trinajstić information content (AvgIpc) is 2.37. The van der Waals surface area contributed by atoms with E-state index in [0.717, 1.165) is 32.5 Å². The van der Waals surface area contributed by atoms with E-state index in [4.69, 9.17) is 0 Å². The van der Waals surface area contributed by atoms with Gasteiger partial charge in [0.25, 0.3) is 5.91 Å². The number of nitrogens with one attached hydrogen (secondary N) is 1. The third-order valence-electron chi connectivity index (χ3n) is 3.45. The minimum absolute atomic E-state index is 0.126. The zero-order valence-electron chi connectivity index (χ0n) is 11.0. The number of hydrogen-bond donors (Lipinski definition) is 1. The number of halogens is 2. The molecule has 1 N–H and O–H groups in total. The number of carbonyl (C=O) groups excluding carboxylic acids is 1. The first kappa shape index (κ1) is 14.5. The van der Waals surface area contributed by atoms with Gasteiger partial charge in [0.15, 0.2) is 0 Å². The van der Waals surface area contributed by atoms with Crippen LogP contribution in [-0.2, 0) is 0 Å². The first-order valence-corrected chi connectivity index (χ1v) is 7.28. The Balaban J connectivity index is 2.01. The van der Waals surface area contributed by atoms with Gasteiger partial charge in [-0.3, -0.25) is 4.79 Å². The van der Waals surface area contributed by atoms with Crippen molar-refractivity contribution in [2.75, 3.05) is 26.7 Å². The van der Waals surface area contributed by atoms with Gasteiger partial charge in [0.2, 0.25) is 0 Å². The van der Waals surface area contributed by atoms with Crippen molar-refractivity contribution in [1.82, 2.24) is 10.2 Å². The lowest BCUT2D eigenvalue weighted by Crippen LogP contribution is -2.37. The molecule has 1 heterocycles. The van der Waals surface area contributed by atoms with E-state index in [9.17, 15) is 9.18 Å². The lowest BCUT2D eigenvalue weighted by molar-refractivity contribution is 0.0762. The van der Waals surface area contributed by atoms with E-state index < -0.39 is 5.82 Å². The highest BCUT2D eigenvalue weighted by Gasteiger charge is 2.19. The van der Waals surface area contributed by atoms with Gasteiger partial charge < -0.3 is 10.2 Å². The van der Waals surface area contributed by atoms with Crippen LogP contribution in [-0.4, -0.2) is 37.5 Å². The zero-order valence-corrected chi connectivity index (χ0v) is 12.5. The van der Waals surface area contributed by atoms with E-state index in [-0.39, 0.29) is 5.91 Å². The second kappa shape index (κ2) is 6.48. The lowest BCUT2D eigenvalue weighted by Gasteiger charge is -2.27. The predicted octanol–water partition coefficient (Wildman–Crippen LogP) is 2.66. The lowest BCUT2D eigenvalue weighted by atomic mass is 9.97. The van der Waals surface area contributed by atoms with Gasteiger partial charge in [0.05, 0.1) is 0 Å². The van der Waals surface area contributed by atoms with E-state index in [1.165, 1.54) is 12.1 Å². The van der Waals surface area contributed by atoms with E-state index in [0.29, 0.717) is 16.0 Å². The van der Waals surface area contributed by atoms with Crippen LogP contribution < -0.4 is 5.32 Å². The molecule has 0 saturated carbocycles. The smallest absolute Gasteiger partial charge is 0.253 e. The summed E-state index contributed by atoms with van der Waals surface area (Å²) in [6, 6.07) is 4.29. The van der Waals surface area contributed by atoms with Crippen LogP contribution in [0.4, 0.5) is 4.39 Å². The molecule has 5 heteroatoms. The minimum atomic E-state index is -0.395. The Labute approximate surface area is 121 Å². The monoisotopic (exact) mass is 328 g/mol. The maximum Gasteiger partial charge on any atom is 0.253 e. The molecule has 1 aromatic rings. The second-order valence-corrected chi connectivity index (χ2v) is 5.95. The molecular weight excluding hydrogens is 311 g/mol. The van der Waals surface area contributed by atoms with Crippen LogP contribution >= 0.6 is 15.9 Å². The van der Waals surface area contributed by atoms with Gasteiger partial charge in [-0.15, -0.1) is 0 Å². The number of piperidine rings is 1. The minimum Gasteiger partial charge on any atom is -0.341 e. The molecule has 1 fully saturated rings. The summed E-state index contributed by atoms with van der Waals surface area (Å²) < 4.78 is 13.9. The van der Waals surface area contributed by atoms with Crippen molar-refractivity contribution in [3.63, 3.8) is 0 Å². The Morgan fingerprint density at radius 3 is 2.74 bits per heavy atom. The largest absolute Gasteiger partial charge is 0.341 e. The molecule has 0 unspecified atom stereocenters. The van der Waals surface area contributed by atoms with Gasteiger partial charge >= 0.3 is 0 Å².